The van der Waals surface area contributed by atoms with E-state index < -0.39 is 10.0 Å². The first-order valence-corrected chi connectivity index (χ1v) is 10.5. The zero-order valence-corrected chi connectivity index (χ0v) is 15.5. The maximum atomic E-state index is 14.0. The van der Waals surface area contributed by atoms with Gasteiger partial charge < -0.3 is 4.74 Å². The molecule has 1 saturated heterocycles. The van der Waals surface area contributed by atoms with Crippen LogP contribution in [0.2, 0.25) is 0 Å². The van der Waals surface area contributed by atoms with Crippen LogP contribution >= 0.6 is 11.8 Å². The van der Waals surface area contributed by atoms with E-state index >= 15 is 0 Å². The summed E-state index contributed by atoms with van der Waals surface area (Å²) in [5.74, 6) is 0.721. The van der Waals surface area contributed by atoms with Crippen molar-refractivity contribution in [2.24, 2.45) is 0 Å². The first-order valence-electron chi connectivity index (χ1n) is 8.03. The van der Waals surface area contributed by atoms with E-state index in [2.05, 4.69) is 0 Å². The maximum Gasteiger partial charge on any atom is 0.246 e. The minimum atomic E-state index is -3.64. The molecule has 0 spiro atoms. The van der Waals surface area contributed by atoms with Gasteiger partial charge in [-0.25, -0.2) is 12.8 Å². The molecule has 1 aliphatic heterocycles. The zero-order chi connectivity index (χ0) is 17.9. The molecule has 0 aromatic heterocycles. The number of hydrogen-bond acceptors (Lipinski definition) is 4. The minimum absolute atomic E-state index is 0.0425. The lowest BCUT2D eigenvalue weighted by Gasteiger charge is -2.21. The van der Waals surface area contributed by atoms with E-state index in [-0.39, 0.29) is 16.0 Å². The fourth-order valence-electron chi connectivity index (χ4n) is 2.95. The van der Waals surface area contributed by atoms with Crippen molar-refractivity contribution in [3.8, 4) is 5.75 Å². The summed E-state index contributed by atoms with van der Waals surface area (Å²) >= 11 is 1.60. The third-order valence-electron chi connectivity index (χ3n) is 4.24. The van der Waals surface area contributed by atoms with Crippen molar-refractivity contribution < 1.29 is 17.5 Å². The molecule has 0 saturated carbocycles. The van der Waals surface area contributed by atoms with E-state index in [9.17, 15) is 12.8 Å². The van der Waals surface area contributed by atoms with Gasteiger partial charge in [0.15, 0.2) is 0 Å². The summed E-state index contributed by atoms with van der Waals surface area (Å²) < 4.78 is 46.7. The molecule has 7 heteroatoms. The molecular formula is C18H20FNO3S2. The number of methoxy groups -OCH3 is 1. The lowest BCUT2D eigenvalue weighted by atomic mass is 10.1. The van der Waals surface area contributed by atoms with E-state index in [1.54, 1.807) is 48.2 Å². The van der Waals surface area contributed by atoms with Gasteiger partial charge in [0.05, 0.1) is 7.11 Å². The van der Waals surface area contributed by atoms with Crippen molar-refractivity contribution >= 4 is 21.8 Å². The average molecular weight is 381 g/mol. The van der Waals surface area contributed by atoms with Crippen molar-refractivity contribution in [3.63, 3.8) is 0 Å². The quantitative estimate of drug-likeness (QED) is 0.810. The van der Waals surface area contributed by atoms with Crippen molar-refractivity contribution in [1.82, 2.24) is 4.31 Å². The van der Waals surface area contributed by atoms with E-state index in [1.807, 2.05) is 6.07 Å². The van der Waals surface area contributed by atoms with Crippen LogP contribution in [-0.4, -0.2) is 38.7 Å². The predicted octanol–water partition coefficient (Wildman–Crippen LogP) is 3.70. The molecule has 1 aliphatic rings. The number of thioether (sulfide) groups is 1. The van der Waals surface area contributed by atoms with E-state index in [0.717, 1.165) is 0 Å². The smallest absolute Gasteiger partial charge is 0.246 e. The van der Waals surface area contributed by atoms with Crippen LogP contribution in [-0.2, 0) is 10.0 Å². The van der Waals surface area contributed by atoms with Crippen LogP contribution < -0.4 is 4.74 Å². The highest BCUT2D eigenvalue weighted by Crippen LogP contribution is 2.37. The van der Waals surface area contributed by atoms with Crippen LogP contribution in [0.25, 0.3) is 0 Å². The molecule has 0 aliphatic carbocycles. The van der Waals surface area contributed by atoms with Crippen molar-refractivity contribution in [3.05, 3.63) is 59.9 Å². The highest BCUT2D eigenvalue weighted by molar-refractivity contribution is 7.99. The first-order chi connectivity index (χ1) is 12.0. The van der Waals surface area contributed by atoms with Gasteiger partial charge in [0.25, 0.3) is 0 Å². The number of sulfonamides is 1. The molecular weight excluding hydrogens is 361 g/mol. The summed E-state index contributed by atoms with van der Waals surface area (Å²) in [5.41, 5.74) is 0.643. The van der Waals surface area contributed by atoms with Crippen molar-refractivity contribution in [2.75, 3.05) is 26.0 Å². The van der Waals surface area contributed by atoms with Gasteiger partial charge in [-0.15, -0.1) is 0 Å². The van der Waals surface area contributed by atoms with Crippen LogP contribution in [0.3, 0.4) is 0 Å². The summed E-state index contributed by atoms with van der Waals surface area (Å²) in [4.78, 5) is 0.173. The van der Waals surface area contributed by atoms with Gasteiger partial charge in [0.2, 0.25) is 10.0 Å². The number of hydrogen-bond donors (Lipinski definition) is 0. The molecule has 0 N–H and O–H groups in total. The standard InChI is InChI=1S/C18H20FNO3S2/c1-23-16-8-4-5-9-18(16)25(21,22)20-11-10-17(24-13-12-20)14-6-2-3-7-15(14)19/h2-9,17H,10-13H2,1H3. The minimum Gasteiger partial charge on any atom is -0.495 e. The van der Waals surface area contributed by atoms with E-state index in [4.69, 9.17) is 4.74 Å². The Labute approximate surface area is 152 Å². The molecule has 0 bridgehead atoms. The number of ether oxygens (including phenoxy) is 1. The second kappa shape index (κ2) is 7.76. The molecule has 25 heavy (non-hydrogen) atoms. The lowest BCUT2D eigenvalue weighted by molar-refractivity contribution is 0.392. The summed E-state index contributed by atoms with van der Waals surface area (Å²) in [6.45, 7) is 0.752. The number of nitrogens with zero attached hydrogens (tertiary/aromatic N) is 1. The molecule has 1 fully saturated rings. The van der Waals surface area contributed by atoms with Crippen LogP contribution in [0, 0.1) is 5.82 Å². The molecule has 0 amide bonds. The van der Waals surface area contributed by atoms with Gasteiger partial charge in [-0.3, -0.25) is 0 Å². The van der Waals surface area contributed by atoms with Crippen molar-refractivity contribution in [1.29, 1.82) is 0 Å². The molecule has 0 radical (unpaired) electrons. The molecule has 134 valence electrons. The Morgan fingerprint density at radius 1 is 1.12 bits per heavy atom. The van der Waals surface area contributed by atoms with Gasteiger partial charge in [-0.2, -0.15) is 16.1 Å². The van der Waals surface area contributed by atoms with Crippen LogP contribution in [0.1, 0.15) is 17.2 Å². The number of para-hydroxylation sites is 1. The first kappa shape index (κ1) is 18.2. The molecule has 2 aromatic rings. The topological polar surface area (TPSA) is 46.6 Å². The summed E-state index contributed by atoms with van der Waals surface area (Å²) in [6.07, 6.45) is 0.569. The Kier molecular flexibility index (Phi) is 5.66. The largest absolute Gasteiger partial charge is 0.495 e. The molecule has 3 rings (SSSR count). The summed E-state index contributed by atoms with van der Waals surface area (Å²) in [7, 11) is -2.18. The van der Waals surface area contributed by atoms with E-state index in [1.165, 1.54) is 17.5 Å². The molecule has 1 unspecified atom stereocenters. The second-order valence-electron chi connectivity index (χ2n) is 5.72. The normalized spacial score (nSPS) is 19.4. The SMILES string of the molecule is COc1ccccc1S(=O)(=O)N1CCSC(c2ccccc2F)CC1. The van der Waals surface area contributed by atoms with Crippen molar-refractivity contribution in [2.45, 2.75) is 16.6 Å². The van der Waals surface area contributed by atoms with Gasteiger partial charge >= 0.3 is 0 Å². The Hall–Kier alpha value is -1.57. The Bertz CT molecular complexity index is 842. The van der Waals surface area contributed by atoms with E-state index in [0.29, 0.717) is 36.6 Å². The summed E-state index contributed by atoms with van der Waals surface area (Å²) in [5, 5.41) is -0.0425. The van der Waals surface area contributed by atoms with Crippen LogP contribution in [0.5, 0.6) is 5.75 Å². The third-order valence-corrected chi connectivity index (χ3v) is 7.49. The summed E-state index contributed by atoms with van der Waals surface area (Å²) in [6, 6.07) is 13.3. The van der Waals surface area contributed by atoms with Gasteiger partial charge in [-0.1, -0.05) is 30.3 Å². The number of benzene rings is 2. The Morgan fingerprint density at radius 2 is 1.84 bits per heavy atom. The van der Waals surface area contributed by atoms with Gasteiger partial charge in [0.1, 0.15) is 16.5 Å². The molecule has 1 heterocycles. The number of rotatable bonds is 4. The predicted molar refractivity (Wildman–Crippen MR) is 98.0 cm³/mol. The Morgan fingerprint density at radius 3 is 2.60 bits per heavy atom. The third kappa shape index (κ3) is 3.83. The fraction of sp³-hybridized carbons (Fsp3) is 0.333. The zero-order valence-electron chi connectivity index (χ0n) is 13.9. The monoisotopic (exact) mass is 381 g/mol. The van der Waals surface area contributed by atoms with Crippen LogP contribution in [0.4, 0.5) is 4.39 Å². The second-order valence-corrected chi connectivity index (χ2v) is 8.94. The van der Waals surface area contributed by atoms with Gasteiger partial charge in [-0.05, 0) is 24.6 Å². The molecule has 4 nitrogen and oxygen atoms in total. The highest BCUT2D eigenvalue weighted by Gasteiger charge is 2.30. The number of halogens is 1. The highest BCUT2D eigenvalue weighted by atomic mass is 32.2. The molecule has 1 atom stereocenters. The Balaban J connectivity index is 1.82. The average Bonchev–Trinajstić information content (AvgIpc) is 2.88. The fourth-order valence-corrected chi connectivity index (χ4v) is 5.93. The van der Waals surface area contributed by atoms with Gasteiger partial charge in [0, 0.05) is 29.7 Å². The van der Waals surface area contributed by atoms with Crippen LogP contribution in [0.15, 0.2) is 53.4 Å². The lowest BCUT2D eigenvalue weighted by Crippen LogP contribution is -2.33. The molecule has 2 aromatic carbocycles. The maximum absolute atomic E-state index is 14.0.